The van der Waals surface area contributed by atoms with Crippen LogP contribution in [0.2, 0.25) is 0 Å². The molecule has 6 nitrogen and oxygen atoms in total. The van der Waals surface area contributed by atoms with Gasteiger partial charge in [0.25, 0.3) is 0 Å². The molecule has 0 saturated heterocycles. The molecule has 0 radical (unpaired) electrons. The molecule has 41 heavy (non-hydrogen) atoms. The lowest BCUT2D eigenvalue weighted by Crippen LogP contribution is -2.31. The van der Waals surface area contributed by atoms with E-state index in [-0.39, 0.29) is 6.04 Å². The average molecular weight is 539 g/mol. The molecule has 3 aromatic carbocycles. The zero-order valence-corrected chi connectivity index (χ0v) is 23.1. The highest BCUT2D eigenvalue weighted by Crippen LogP contribution is 2.34. The number of para-hydroxylation sites is 3. The third-order valence-electron chi connectivity index (χ3n) is 8.11. The molecule has 1 unspecified atom stereocenters. The lowest BCUT2D eigenvalue weighted by Gasteiger charge is -2.34. The Morgan fingerprint density at radius 1 is 0.780 bits per heavy atom. The number of fused-ring (bicyclic) bond motifs is 3. The Hall–Kier alpha value is -4.39. The molecule has 3 aromatic heterocycles. The molecule has 0 spiro atoms. The van der Waals surface area contributed by atoms with E-state index < -0.39 is 0 Å². The summed E-state index contributed by atoms with van der Waals surface area (Å²) in [7, 11) is 0. The van der Waals surface area contributed by atoms with Crippen LogP contribution in [0.1, 0.15) is 52.7 Å². The van der Waals surface area contributed by atoms with E-state index in [1.807, 2.05) is 24.5 Å². The van der Waals surface area contributed by atoms with Crippen LogP contribution in [0.25, 0.3) is 21.9 Å². The summed E-state index contributed by atoms with van der Waals surface area (Å²) in [4.78, 5) is 20.4. The summed E-state index contributed by atoms with van der Waals surface area (Å²) >= 11 is 0. The zero-order valence-electron chi connectivity index (χ0n) is 23.1. The Morgan fingerprint density at radius 3 is 2.49 bits per heavy atom. The van der Waals surface area contributed by atoms with Gasteiger partial charge in [0.15, 0.2) is 0 Å². The van der Waals surface area contributed by atoms with Crippen molar-refractivity contribution in [2.24, 2.45) is 0 Å². The van der Waals surface area contributed by atoms with Crippen LogP contribution in [-0.4, -0.2) is 24.8 Å². The molecule has 204 valence electrons. The largest absolute Gasteiger partial charge is 0.341 e. The van der Waals surface area contributed by atoms with Crippen molar-refractivity contribution in [1.29, 1.82) is 0 Å². The van der Waals surface area contributed by atoms with Crippen molar-refractivity contribution in [3.63, 3.8) is 0 Å². The smallest absolute Gasteiger partial charge is 0.121 e. The lowest BCUT2D eigenvalue weighted by molar-refractivity contribution is 0.153. The summed E-state index contributed by atoms with van der Waals surface area (Å²) in [6.07, 6.45) is 7.29. The number of hydrogen-bond acceptors (Lipinski definition) is 5. The molecule has 2 N–H and O–H groups in total. The van der Waals surface area contributed by atoms with Crippen LogP contribution in [0.4, 0.5) is 0 Å². The maximum Gasteiger partial charge on any atom is 0.121 e. The third-order valence-corrected chi connectivity index (χ3v) is 8.11. The van der Waals surface area contributed by atoms with Crippen molar-refractivity contribution in [3.05, 3.63) is 137 Å². The molecule has 0 aliphatic heterocycles. The zero-order chi connectivity index (χ0) is 27.4. The normalized spacial score (nSPS) is 15.0. The number of hydrogen-bond donors (Lipinski definition) is 2. The minimum Gasteiger partial charge on any atom is -0.341 e. The van der Waals surface area contributed by atoms with Crippen molar-refractivity contribution in [1.82, 2.24) is 30.2 Å². The molecule has 1 atom stereocenters. The fourth-order valence-electron chi connectivity index (χ4n) is 6.05. The highest BCUT2D eigenvalue weighted by Gasteiger charge is 2.28. The van der Waals surface area contributed by atoms with Gasteiger partial charge in [-0.1, -0.05) is 60.7 Å². The number of pyridine rings is 2. The number of benzene rings is 3. The topological polar surface area (TPSA) is 69.7 Å². The van der Waals surface area contributed by atoms with Crippen molar-refractivity contribution in [2.45, 2.75) is 51.5 Å². The summed E-state index contributed by atoms with van der Waals surface area (Å²) in [5.74, 6) is 0.998. The molecule has 6 aromatic rings. The third kappa shape index (κ3) is 5.75. The van der Waals surface area contributed by atoms with E-state index in [0.29, 0.717) is 0 Å². The molecule has 1 aliphatic rings. The first kappa shape index (κ1) is 25.6. The van der Waals surface area contributed by atoms with E-state index >= 15 is 0 Å². The predicted octanol–water partition coefficient (Wildman–Crippen LogP) is 6.88. The van der Waals surface area contributed by atoms with E-state index in [9.17, 15) is 0 Å². The van der Waals surface area contributed by atoms with Gasteiger partial charge in [0.1, 0.15) is 5.82 Å². The second-order valence-corrected chi connectivity index (χ2v) is 11.0. The van der Waals surface area contributed by atoms with Gasteiger partial charge in [-0.2, -0.15) is 0 Å². The predicted molar refractivity (Wildman–Crippen MR) is 164 cm³/mol. The second-order valence-electron chi connectivity index (χ2n) is 11.0. The molecule has 0 saturated carbocycles. The van der Waals surface area contributed by atoms with Crippen LogP contribution in [0.15, 0.2) is 103 Å². The summed E-state index contributed by atoms with van der Waals surface area (Å²) in [6, 6.07) is 32.3. The fourth-order valence-corrected chi connectivity index (χ4v) is 6.05. The van der Waals surface area contributed by atoms with Gasteiger partial charge in [0, 0.05) is 37.4 Å². The van der Waals surface area contributed by atoms with E-state index in [4.69, 9.17) is 9.97 Å². The molecule has 3 heterocycles. The first-order chi connectivity index (χ1) is 20.3. The first-order valence-corrected chi connectivity index (χ1v) is 14.5. The number of aromatic nitrogens is 4. The van der Waals surface area contributed by atoms with E-state index in [1.54, 1.807) is 0 Å². The average Bonchev–Trinajstić information content (AvgIpc) is 3.44. The van der Waals surface area contributed by atoms with Crippen LogP contribution in [0.3, 0.4) is 0 Å². The van der Waals surface area contributed by atoms with Crippen molar-refractivity contribution in [3.8, 4) is 0 Å². The number of H-pyrrole nitrogens is 1. The van der Waals surface area contributed by atoms with Gasteiger partial charge in [0.05, 0.1) is 34.8 Å². The summed E-state index contributed by atoms with van der Waals surface area (Å²) in [5, 5.41) is 4.76. The van der Waals surface area contributed by atoms with Gasteiger partial charge < -0.3 is 10.3 Å². The minimum absolute atomic E-state index is 0.269. The van der Waals surface area contributed by atoms with Crippen LogP contribution in [-0.2, 0) is 32.6 Å². The Kier molecular flexibility index (Phi) is 7.24. The van der Waals surface area contributed by atoms with E-state index in [2.05, 4.69) is 99.0 Å². The van der Waals surface area contributed by atoms with Crippen molar-refractivity contribution in [2.75, 3.05) is 0 Å². The molecular formula is C35H34N6. The van der Waals surface area contributed by atoms with Crippen molar-refractivity contribution < 1.29 is 0 Å². The molecule has 0 bridgehead atoms. The Balaban J connectivity index is 1.06. The molecule has 0 fully saturated rings. The first-order valence-electron chi connectivity index (χ1n) is 14.5. The summed E-state index contributed by atoms with van der Waals surface area (Å²) < 4.78 is 0. The molecule has 6 heteroatoms. The van der Waals surface area contributed by atoms with Gasteiger partial charge in [0.2, 0.25) is 0 Å². The second kappa shape index (κ2) is 11.6. The SMILES string of the molecule is c1cnc2c(c1)CCCC2N(Cc1ccc(CNCc2cnc3ccccc3c2)cc1)Cc1nc2ccccc2[nH]1. The van der Waals surface area contributed by atoms with Crippen LogP contribution in [0.5, 0.6) is 0 Å². The van der Waals surface area contributed by atoms with Crippen molar-refractivity contribution >= 4 is 21.9 Å². The highest BCUT2D eigenvalue weighted by atomic mass is 15.2. The number of aromatic amines is 1. The molecule has 0 amide bonds. The monoisotopic (exact) mass is 538 g/mol. The van der Waals surface area contributed by atoms with Gasteiger partial charge in [-0.3, -0.25) is 14.9 Å². The number of nitrogens with one attached hydrogen (secondary N) is 2. The number of aryl methyl sites for hydroxylation is 1. The minimum atomic E-state index is 0.269. The van der Waals surface area contributed by atoms with Gasteiger partial charge in [-0.15, -0.1) is 0 Å². The summed E-state index contributed by atoms with van der Waals surface area (Å²) in [6.45, 7) is 3.20. The van der Waals surface area contributed by atoms with Gasteiger partial charge in [-0.25, -0.2) is 4.98 Å². The van der Waals surface area contributed by atoms with Crippen LogP contribution in [0, 0.1) is 0 Å². The molecular weight excluding hydrogens is 504 g/mol. The summed E-state index contributed by atoms with van der Waals surface area (Å²) in [5.41, 5.74) is 9.50. The van der Waals surface area contributed by atoms with E-state index in [0.717, 1.165) is 61.4 Å². The number of nitrogens with zero attached hydrogens (tertiary/aromatic N) is 4. The van der Waals surface area contributed by atoms with Crippen LogP contribution >= 0.6 is 0 Å². The molecule has 7 rings (SSSR count). The van der Waals surface area contributed by atoms with Gasteiger partial charge in [-0.05, 0) is 71.8 Å². The lowest BCUT2D eigenvalue weighted by atomic mass is 9.90. The Labute approximate surface area is 240 Å². The van der Waals surface area contributed by atoms with E-state index in [1.165, 1.54) is 39.8 Å². The number of rotatable bonds is 9. The Morgan fingerprint density at radius 2 is 1.59 bits per heavy atom. The maximum atomic E-state index is 4.90. The maximum absolute atomic E-state index is 4.90. The Bertz CT molecular complexity index is 1740. The van der Waals surface area contributed by atoms with Crippen LogP contribution < -0.4 is 5.32 Å². The highest BCUT2D eigenvalue weighted by molar-refractivity contribution is 5.78. The number of imidazole rings is 1. The standard InChI is InChI=1S/C35H34N6/c1-2-10-30-29(7-1)19-27(22-38-30)21-36-20-25-14-16-26(17-15-25)23-41(24-34-39-31-11-3-4-12-32(31)40-34)33-13-5-8-28-9-6-18-37-35(28)33/h1-4,6-7,9-12,14-19,22,33,36H,5,8,13,20-21,23-24H2,(H,39,40). The molecule has 1 aliphatic carbocycles. The quantitative estimate of drug-likeness (QED) is 0.210. The fraction of sp³-hybridized carbons (Fsp3) is 0.229. The van der Waals surface area contributed by atoms with Gasteiger partial charge >= 0.3 is 0 Å².